The van der Waals surface area contributed by atoms with Crippen LogP contribution >= 0.6 is 11.6 Å². The van der Waals surface area contributed by atoms with Crippen molar-refractivity contribution in [3.8, 4) is 0 Å². The van der Waals surface area contributed by atoms with E-state index in [4.69, 9.17) is 11.6 Å². The van der Waals surface area contributed by atoms with Crippen LogP contribution in [-0.2, 0) is 0 Å². The molecule has 0 radical (unpaired) electrons. The summed E-state index contributed by atoms with van der Waals surface area (Å²) < 4.78 is 0. The molecular formula is C12H25Cl. The van der Waals surface area contributed by atoms with E-state index < -0.39 is 0 Å². The maximum Gasteiger partial charge on any atom is 0.0517 e. The highest BCUT2D eigenvalue weighted by Gasteiger charge is 2.46. The van der Waals surface area contributed by atoms with E-state index in [1.807, 2.05) is 0 Å². The van der Waals surface area contributed by atoms with Crippen LogP contribution in [0.4, 0.5) is 0 Å². The van der Waals surface area contributed by atoms with Gasteiger partial charge in [0.15, 0.2) is 0 Å². The number of hydrogen-bond donors (Lipinski definition) is 0. The van der Waals surface area contributed by atoms with E-state index in [2.05, 4.69) is 48.5 Å². The van der Waals surface area contributed by atoms with Gasteiger partial charge in [0.25, 0.3) is 0 Å². The van der Waals surface area contributed by atoms with Gasteiger partial charge in [-0.1, -0.05) is 48.0 Å². The van der Waals surface area contributed by atoms with E-state index in [1.54, 1.807) is 0 Å². The second-order valence-corrected chi connectivity index (χ2v) is 6.64. The first-order chi connectivity index (χ1) is 5.56. The van der Waals surface area contributed by atoms with Crippen LogP contribution in [0.5, 0.6) is 0 Å². The van der Waals surface area contributed by atoms with Gasteiger partial charge >= 0.3 is 0 Å². The summed E-state index contributed by atoms with van der Waals surface area (Å²) in [7, 11) is 0. The average Bonchev–Trinajstić information content (AvgIpc) is 1.84. The molecule has 0 saturated carbocycles. The van der Waals surface area contributed by atoms with Gasteiger partial charge in [0.2, 0.25) is 0 Å². The summed E-state index contributed by atoms with van der Waals surface area (Å²) in [4.78, 5) is -0.143. The molecule has 0 aliphatic carbocycles. The van der Waals surface area contributed by atoms with Gasteiger partial charge in [-0.05, 0) is 24.2 Å². The highest BCUT2D eigenvalue weighted by Crippen LogP contribution is 2.50. The molecule has 0 rings (SSSR count). The summed E-state index contributed by atoms with van der Waals surface area (Å²) in [5, 5.41) is 0. The normalized spacial score (nSPS) is 18.5. The van der Waals surface area contributed by atoms with Crippen LogP contribution in [0.15, 0.2) is 0 Å². The lowest BCUT2D eigenvalue weighted by Crippen LogP contribution is -2.47. The van der Waals surface area contributed by atoms with Gasteiger partial charge in [0, 0.05) is 0 Å². The van der Waals surface area contributed by atoms with E-state index in [0.29, 0.717) is 0 Å². The highest BCUT2D eigenvalue weighted by molar-refractivity contribution is 6.24. The van der Waals surface area contributed by atoms with Gasteiger partial charge < -0.3 is 0 Å². The molecule has 0 aliphatic heterocycles. The molecule has 0 nitrogen and oxygen atoms in total. The van der Waals surface area contributed by atoms with Crippen molar-refractivity contribution in [3.63, 3.8) is 0 Å². The fourth-order valence-electron chi connectivity index (χ4n) is 1.87. The van der Waals surface area contributed by atoms with Crippen molar-refractivity contribution in [2.75, 3.05) is 0 Å². The molecule has 0 saturated heterocycles. The first kappa shape index (κ1) is 13.3. The zero-order valence-electron chi connectivity index (χ0n) is 10.3. The minimum Gasteiger partial charge on any atom is -0.118 e. The third-order valence-corrected chi connectivity index (χ3v) is 4.63. The Morgan fingerprint density at radius 1 is 0.923 bits per heavy atom. The van der Waals surface area contributed by atoms with Crippen LogP contribution < -0.4 is 0 Å². The number of halogens is 1. The van der Waals surface area contributed by atoms with E-state index in [0.717, 1.165) is 0 Å². The quantitative estimate of drug-likeness (QED) is 0.577. The van der Waals surface area contributed by atoms with Crippen LogP contribution in [-0.4, -0.2) is 4.87 Å². The third-order valence-electron chi connectivity index (χ3n) is 3.55. The summed E-state index contributed by atoms with van der Waals surface area (Å²) >= 11 is 6.68. The largest absolute Gasteiger partial charge is 0.118 e. The van der Waals surface area contributed by atoms with Crippen LogP contribution in [0.2, 0.25) is 0 Å². The minimum absolute atomic E-state index is 0.143. The van der Waals surface area contributed by atoms with Crippen molar-refractivity contribution < 1.29 is 0 Å². The molecule has 80 valence electrons. The van der Waals surface area contributed by atoms with Crippen molar-refractivity contribution in [2.24, 2.45) is 10.8 Å². The van der Waals surface area contributed by atoms with Gasteiger partial charge in [-0.25, -0.2) is 0 Å². The predicted molar refractivity (Wildman–Crippen MR) is 62.4 cm³/mol. The Morgan fingerprint density at radius 3 is 1.54 bits per heavy atom. The van der Waals surface area contributed by atoms with Crippen molar-refractivity contribution >= 4 is 11.6 Å². The highest BCUT2D eigenvalue weighted by atomic mass is 35.5. The Labute approximate surface area is 89.1 Å². The van der Waals surface area contributed by atoms with Crippen LogP contribution in [0, 0.1) is 10.8 Å². The molecule has 0 bridgehead atoms. The molecule has 1 atom stereocenters. The fraction of sp³-hybridized carbons (Fsp3) is 1.00. The summed E-state index contributed by atoms with van der Waals surface area (Å²) in [5.74, 6) is 0. The average molecular weight is 205 g/mol. The topological polar surface area (TPSA) is 0 Å². The van der Waals surface area contributed by atoms with Crippen molar-refractivity contribution in [3.05, 3.63) is 0 Å². The molecule has 0 heterocycles. The van der Waals surface area contributed by atoms with Crippen molar-refractivity contribution in [2.45, 2.75) is 66.2 Å². The standard InChI is InChI=1S/C12H25Cl/c1-8-9-11(5,6)12(7,13)10(2,3)4/h8-9H2,1-7H3. The first-order valence-corrected chi connectivity index (χ1v) is 5.63. The van der Waals surface area contributed by atoms with Gasteiger partial charge in [-0.15, -0.1) is 11.6 Å². The van der Waals surface area contributed by atoms with Crippen molar-refractivity contribution in [1.29, 1.82) is 0 Å². The molecule has 13 heavy (non-hydrogen) atoms. The van der Waals surface area contributed by atoms with E-state index in [1.165, 1.54) is 12.8 Å². The zero-order valence-corrected chi connectivity index (χ0v) is 11.0. The molecule has 0 aromatic carbocycles. The summed E-state index contributed by atoms with van der Waals surface area (Å²) in [6, 6.07) is 0. The molecule has 0 fully saturated rings. The maximum absolute atomic E-state index is 6.68. The number of hydrogen-bond acceptors (Lipinski definition) is 0. The Bertz CT molecular complexity index is 160. The van der Waals surface area contributed by atoms with Gasteiger partial charge in [0.05, 0.1) is 4.87 Å². The lowest BCUT2D eigenvalue weighted by molar-refractivity contribution is 0.123. The molecule has 0 aromatic rings. The molecule has 0 aromatic heterocycles. The van der Waals surface area contributed by atoms with Crippen LogP contribution in [0.25, 0.3) is 0 Å². The predicted octanol–water partition coefficient (Wildman–Crippen LogP) is 4.86. The second kappa shape index (κ2) is 3.81. The molecule has 0 N–H and O–H groups in total. The van der Waals surface area contributed by atoms with E-state index in [9.17, 15) is 0 Å². The zero-order chi connectivity index (χ0) is 10.9. The lowest BCUT2D eigenvalue weighted by Gasteiger charge is -2.48. The second-order valence-electron chi connectivity index (χ2n) is 5.89. The Kier molecular flexibility index (Phi) is 3.89. The third kappa shape index (κ3) is 2.62. The molecule has 0 amide bonds. The minimum atomic E-state index is -0.143. The summed E-state index contributed by atoms with van der Waals surface area (Å²) in [5.41, 5.74) is 0.342. The van der Waals surface area contributed by atoms with Crippen LogP contribution in [0.1, 0.15) is 61.3 Å². The lowest BCUT2D eigenvalue weighted by atomic mass is 9.64. The summed E-state index contributed by atoms with van der Waals surface area (Å²) in [6.07, 6.45) is 2.38. The monoisotopic (exact) mass is 204 g/mol. The van der Waals surface area contributed by atoms with E-state index >= 15 is 0 Å². The molecule has 1 unspecified atom stereocenters. The maximum atomic E-state index is 6.68. The molecule has 0 aliphatic rings. The van der Waals surface area contributed by atoms with Gasteiger partial charge in [-0.3, -0.25) is 0 Å². The SMILES string of the molecule is CCCC(C)(C)C(C)(Cl)C(C)(C)C. The van der Waals surface area contributed by atoms with E-state index in [-0.39, 0.29) is 15.7 Å². The first-order valence-electron chi connectivity index (χ1n) is 5.25. The van der Waals surface area contributed by atoms with Gasteiger partial charge in [-0.2, -0.15) is 0 Å². The van der Waals surface area contributed by atoms with Gasteiger partial charge in [0.1, 0.15) is 0 Å². The number of rotatable bonds is 3. The Morgan fingerprint density at radius 2 is 1.31 bits per heavy atom. The van der Waals surface area contributed by atoms with Crippen molar-refractivity contribution in [1.82, 2.24) is 0 Å². The summed E-state index contributed by atoms with van der Waals surface area (Å²) in [6.45, 7) is 15.6. The molecule has 0 spiro atoms. The smallest absolute Gasteiger partial charge is 0.0517 e. The molecular weight excluding hydrogens is 180 g/mol. The Balaban J connectivity index is 4.81. The number of alkyl halides is 1. The fourth-order valence-corrected chi connectivity index (χ4v) is 1.97. The Hall–Kier alpha value is 0.290. The van der Waals surface area contributed by atoms with Crippen LogP contribution in [0.3, 0.4) is 0 Å². The molecule has 1 heteroatoms.